The lowest BCUT2D eigenvalue weighted by Crippen LogP contribution is -2.23. The zero-order valence-electron chi connectivity index (χ0n) is 20.1. The Morgan fingerprint density at radius 1 is 1.24 bits per heavy atom. The first-order chi connectivity index (χ1) is 18.3. The number of nitro groups is 1. The number of nitro benzene ring substituents is 1. The average Bonchev–Trinajstić information content (AvgIpc) is 2.89. The van der Waals surface area contributed by atoms with Crippen LogP contribution >= 0.6 is 27.5 Å². The Morgan fingerprint density at radius 3 is 2.71 bits per heavy atom. The van der Waals surface area contributed by atoms with Crippen molar-refractivity contribution in [3.8, 4) is 5.75 Å². The summed E-state index contributed by atoms with van der Waals surface area (Å²) in [6.45, 7) is 1.45. The Balaban J connectivity index is 1.67. The van der Waals surface area contributed by atoms with Gasteiger partial charge in [-0.2, -0.15) is 9.78 Å². The minimum absolute atomic E-state index is 0.158. The summed E-state index contributed by atoms with van der Waals surface area (Å²) in [6.07, 6.45) is 2.49. The van der Waals surface area contributed by atoms with E-state index < -0.39 is 17.4 Å². The number of aromatic nitrogens is 2. The maximum Gasteiger partial charge on any atom is 0.311 e. The summed E-state index contributed by atoms with van der Waals surface area (Å²) in [5, 5.41) is 19.5. The molecule has 0 radical (unpaired) electrons. The second-order valence-corrected chi connectivity index (χ2v) is 9.45. The number of ether oxygens (including phenoxy) is 1. The third kappa shape index (κ3) is 6.24. The number of carbonyl (C=O) groups excluding carboxylic acids is 1. The molecular weight excluding hydrogens is 578 g/mol. The fourth-order valence-corrected chi connectivity index (χ4v) is 4.12. The van der Waals surface area contributed by atoms with Crippen molar-refractivity contribution < 1.29 is 14.5 Å². The number of benzene rings is 3. The number of amides is 1. The zero-order valence-corrected chi connectivity index (χ0v) is 22.4. The van der Waals surface area contributed by atoms with Crippen molar-refractivity contribution in [2.24, 2.45) is 5.10 Å². The van der Waals surface area contributed by atoms with E-state index in [2.05, 4.69) is 31.3 Å². The Hall–Kier alpha value is -4.09. The van der Waals surface area contributed by atoms with Gasteiger partial charge in [0.25, 0.3) is 11.5 Å². The highest BCUT2D eigenvalue weighted by Gasteiger charge is 2.20. The first kappa shape index (κ1) is 27.0. The molecule has 1 aromatic heterocycles. The predicted molar refractivity (Wildman–Crippen MR) is 149 cm³/mol. The van der Waals surface area contributed by atoms with Crippen LogP contribution in [-0.2, 0) is 11.2 Å². The quantitative estimate of drug-likeness (QED) is 0.152. The SMILES string of the molecule is CCCc1nc2ccc(Br)cc2c(=O)n1N=Cc1cccc([N+](=O)[O-])c1OCC(=O)Nc1ccc(Cl)cc1. The van der Waals surface area contributed by atoms with E-state index in [0.717, 1.165) is 6.42 Å². The fourth-order valence-electron chi connectivity index (χ4n) is 3.63. The van der Waals surface area contributed by atoms with Crippen molar-refractivity contribution in [1.29, 1.82) is 0 Å². The molecule has 0 spiro atoms. The standard InChI is InChI=1S/C26H21BrClN5O5/c1-2-4-23-31-21-12-7-17(27)13-20(21)26(35)32(23)29-14-16-5-3-6-22(33(36)37)25(16)38-15-24(34)30-19-10-8-18(28)9-11-19/h3,5-14H,2,4,15H2,1H3,(H,30,34). The van der Waals surface area contributed by atoms with Crippen LogP contribution in [0.1, 0.15) is 24.7 Å². The van der Waals surface area contributed by atoms with Gasteiger partial charge in [0.2, 0.25) is 5.75 Å². The van der Waals surface area contributed by atoms with Crippen molar-refractivity contribution in [2.45, 2.75) is 19.8 Å². The highest BCUT2D eigenvalue weighted by Crippen LogP contribution is 2.30. The maximum atomic E-state index is 13.3. The van der Waals surface area contributed by atoms with Gasteiger partial charge in [-0.1, -0.05) is 40.5 Å². The van der Waals surface area contributed by atoms with Crippen LogP contribution in [0.2, 0.25) is 5.02 Å². The molecule has 12 heteroatoms. The topological polar surface area (TPSA) is 129 Å². The van der Waals surface area contributed by atoms with E-state index in [1.54, 1.807) is 48.5 Å². The summed E-state index contributed by atoms with van der Waals surface area (Å²) in [4.78, 5) is 41.3. The molecule has 1 heterocycles. The van der Waals surface area contributed by atoms with Gasteiger partial charge in [0, 0.05) is 33.2 Å². The third-order valence-corrected chi connectivity index (χ3v) is 6.10. The smallest absolute Gasteiger partial charge is 0.311 e. The molecule has 0 aliphatic rings. The third-order valence-electron chi connectivity index (χ3n) is 5.36. The maximum absolute atomic E-state index is 13.3. The minimum atomic E-state index is -0.617. The fraction of sp³-hybridized carbons (Fsp3) is 0.154. The Kier molecular flexibility index (Phi) is 8.49. The van der Waals surface area contributed by atoms with Crippen LogP contribution in [-0.4, -0.2) is 33.3 Å². The molecule has 4 rings (SSSR count). The monoisotopic (exact) mass is 597 g/mol. The minimum Gasteiger partial charge on any atom is -0.476 e. The van der Waals surface area contributed by atoms with Gasteiger partial charge < -0.3 is 10.1 Å². The Morgan fingerprint density at radius 2 is 2.00 bits per heavy atom. The van der Waals surface area contributed by atoms with Crippen LogP contribution in [0.3, 0.4) is 0 Å². The molecule has 10 nitrogen and oxygen atoms in total. The second-order valence-electron chi connectivity index (χ2n) is 8.10. The molecular formula is C26H21BrClN5O5. The van der Waals surface area contributed by atoms with E-state index in [-0.39, 0.29) is 22.6 Å². The number of nitrogens with zero attached hydrogens (tertiary/aromatic N) is 4. The van der Waals surface area contributed by atoms with Crippen LogP contribution in [0, 0.1) is 10.1 Å². The molecule has 1 amide bonds. The summed E-state index contributed by atoms with van der Waals surface area (Å²) in [6, 6.07) is 15.9. The summed E-state index contributed by atoms with van der Waals surface area (Å²) in [5.74, 6) is -0.243. The van der Waals surface area contributed by atoms with Crippen molar-refractivity contribution in [1.82, 2.24) is 9.66 Å². The summed E-state index contributed by atoms with van der Waals surface area (Å²) in [7, 11) is 0. The predicted octanol–water partition coefficient (Wildman–Crippen LogP) is 5.57. The number of aryl methyl sites for hydroxylation is 1. The van der Waals surface area contributed by atoms with Crippen molar-refractivity contribution in [3.63, 3.8) is 0 Å². The number of anilines is 1. The van der Waals surface area contributed by atoms with Crippen LogP contribution in [0.4, 0.5) is 11.4 Å². The summed E-state index contributed by atoms with van der Waals surface area (Å²) < 4.78 is 7.48. The highest BCUT2D eigenvalue weighted by atomic mass is 79.9. The molecule has 38 heavy (non-hydrogen) atoms. The van der Waals surface area contributed by atoms with E-state index in [4.69, 9.17) is 16.3 Å². The Bertz CT molecular complexity index is 1600. The number of para-hydroxylation sites is 1. The van der Waals surface area contributed by atoms with Gasteiger partial charge in [-0.15, -0.1) is 0 Å². The molecule has 194 valence electrons. The molecule has 0 aliphatic heterocycles. The summed E-state index contributed by atoms with van der Waals surface area (Å²) >= 11 is 9.23. The second kappa shape index (κ2) is 12.0. The molecule has 3 aromatic carbocycles. The zero-order chi connectivity index (χ0) is 27.2. The lowest BCUT2D eigenvalue weighted by atomic mass is 10.2. The number of hydrogen-bond acceptors (Lipinski definition) is 7. The lowest BCUT2D eigenvalue weighted by Gasteiger charge is -2.11. The number of halogens is 2. The van der Waals surface area contributed by atoms with E-state index in [1.807, 2.05) is 6.92 Å². The van der Waals surface area contributed by atoms with E-state index in [1.165, 1.54) is 23.0 Å². The molecule has 0 fully saturated rings. The molecule has 0 aliphatic carbocycles. The van der Waals surface area contributed by atoms with Crippen molar-refractivity contribution in [2.75, 3.05) is 11.9 Å². The highest BCUT2D eigenvalue weighted by molar-refractivity contribution is 9.10. The first-order valence-electron chi connectivity index (χ1n) is 11.5. The van der Waals surface area contributed by atoms with Crippen molar-refractivity contribution >= 4 is 61.9 Å². The number of rotatable bonds is 9. The molecule has 0 saturated carbocycles. The van der Waals surface area contributed by atoms with Crippen LogP contribution < -0.4 is 15.6 Å². The van der Waals surface area contributed by atoms with Crippen LogP contribution in [0.5, 0.6) is 5.75 Å². The largest absolute Gasteiger partial charge is 0.476 e. The van der Waals surface area contributed by atoms with Crippen molar-refractivity contribution in [3.05, 3.63) is 102 Å². The van der Waals surface area contributed by atoms with Gasteiger partial charge in [-0.05, 0) is 55.0 Å². The number of hydrogen-bond donors (Lipinski definition) is 1. The van der Waals surface area contributed by atoms with Gasteiger partial charge in [-0.3, -0.25) is 19.7 Å². The van der Waals surface area contributed by atoms with Crippen LogP contribution in [0.25, 0.3) is 10.9 Å². The van der Waals surface area contributed by atoms with E-state index in [9.17, 15) is 19.7 Å². The van der Waals surface area contributed by atoms with Gasteiger partial charge >= 0.3 is 5.69 Å². The molecule has 0 unspecified atom stereocenters. The first-order valence-corrected chi connectivity index (χ1v) is 12.6. The average molecular weight is 599 g/mol. The number of carbonyl (C=O) groups is 1. The normalized spacial score (nSPS) is 11.1. The molecule has 0 bridgehead atoms. The molecule has 0 saturated heterocycles. The van der Waals surface area contributed by atoms with Gasteiger partial charge in [0.15, 0.2) is 6.61 Å². The number of fused-ring (bicyclic) bond motifs is 1. The summed E-state index contributed by atoms with van der Waals surface area (Å²) in [5.41, 5.74) is 0.508. The van der Waals surface area contributed by atoms with E-state index in [0.29, 0.717) is 38.3 Å². The molecule has 4 aromatic rings. The number of nitrogens with one attached hydrogen (secondary N) is 1. The lowest BCUT2D eigenvalue weighted by molar-refractivity contribution is -0.385. The Labute approximate surface area is 230 Å². The van der Waals surface area contributed by atoms with Crippen LogP contribution in [0.15, 0.2) is 75.0 Å². The molecule has 1 N–H and O–H groups in total. The van der Waals surface area contributed by atoms with Gasteiger partial charge in [0.1, 0.15) is 5.82 Å². The van der Waals surface area contributed by atoms with E-state index >= 15 is 0 Å². The van der Waals surface area contributed by atoms with Gasteiger partial charge in [0.05, 0.1) is 22.0 Å². The van der Waals surface area contributed by atoms with Gasteiger partial charge in [-0.25, -0.2) is 4.98 Å². The molecule has 0 atom stereocenters.